The third-order valence-electron chi connectivity index (χ3n) is 2.87. The summed E-state index contributed by atoms with van der Waals surface area (Å²) in [6.07, 6.45) is -3.85. The fourth-order valence-electron chi connectivity index (χ4n) is 1.90. The summed E-state index contributed by atoms with van der Waals surface area (Å²) in [6.45, 7) is 0.101. The molecule has 2 rings (SSSR count). The first kappa shape index (κ1) is 15.8. The molecule has 9 heteroatoms. The third-order valence-corrected chi connectivity index (χ3v) is 3.67. The van der Waals surface area contributed by atoms with Gasteiger partial charge in [-0.05, 0) is 18.4 Å². The first-order chi connectivity index (χ1) is 9.82. The van der Waals surface area contributed by atoms with Gasteiger partial charge in [0.05, 0.1) is 17.7 Å². The van der Waals surface area contributed by atoms with E-state index < -0.39 is 29.8 Å². The zero-order chi connectivity index (χ0) is 15.6. The van der Waals surface area contributed by atoms with Crippen LogP contribution < -0.4 is 5.32 Å². The second-order valence-corrected chi connectivity index (χ2v) is 5.15. The monoisotopic (exact) mass is 319 g/mol. The molecule has 1 aliphatic heterocycles. The van der Waals surface area contributed by atoms with Crippen molar-refractivity contribution >= 4 is 28.5 Å². The predicted octanol–water partition coefficient (Wildman–Crippen LogP) is 1.79. The maximum atomic E-state index is 12.5. The lowest BCUT2D eigenvalue weighted by Crippen LogP contribution is -2.35. The zero-order valence-corrected chi connectivity index (χ0v) is 11.7. The van der Waals surface area contributed by atoms with Crippen molar-refractivity contribution in [3.8, 4) is 0 Å². The van der Waals surface area contributed by atoms with E-state index in [-0.39, 0.29) is 12.4 Å². The second kappa shape index (κ2) is 6.02. The fraction of sp³-hybridized carbons (Fsp3) is 0.417. The lowest BCUT2D eigenvalue weighted by Gasteiger charge is -2.16. The van der Waals surface area contributed by atoms with Gasteiger partial charge >= 0.3 is 6.18 Å². The van der Waals surface area contributed by atoms with Gasteiger partial charge in [-0.25, -0.2) is 4.98 Å². The van der Waals surface area contributed by atoms with Gasteiger partial charge in [-0.1, -0.05) is 6.07 Å². The molecule has 1 aliphatic rings. The summed E-state index contributed by atoms with van der Waals surface area (Å²) in [5, 5.41) is 12.5. The molecule has 0 fully saturated rings. The van der Waals surface area contributed by atoms with Gasteiger partial charge in [0.2, 0.25) is 5.91 Å². The maximum Gasteiger partial charge on any atom is 0.433 e. The van der Waals surface area contributed by atoms with Crippen molar-refractivity contribution < 1.29 is 23.1 Å². The summed E-state index contributed by atoms with van der Waals surface area (Å²) < 4.78 is 37.6. The van der Waals surface area contributed by atoms with Crippen LogP contribution in [0.2, 0.25) is 0 Å². The lowest BCUT2D eigenvalue weighted by atomic mass is 10.1. The fourth-order valence-corrected chi connectivity index (χ4v) is 2.62. The van der Waals surface area contributed by atoms with E-state index in [2.05, 4.69) is 15.3 Å². The summed E-state index contributed by atoms with van der Waals surface area (Å²) in [7, 11) is 0. The van der Waals surface area contributed by atoms with Gasteiger partial charge in [0, 0.05) is 0 Å². The number of aliphatic hydroxyl groups excluding tert-OH is 1. The summed E-state index contributed by atoms with van der Waals surface area (Å²) in [5.41, 5.74) is -1.09. The molecule has 0 aliphatic carbocycles. The number of nitrogens with one attached hydrogen (secondary N) is 1. The van der Waals surface area contributed by atoms with Crippen molar-refractivity contribution in [3.63, 3.8) is 0 Å². The Kier molecular flexibility index (Phi) is 4.52. The van der Waals surface area contributed by atoms with Crippen LogP contribution in [0.15, 0.2) is 23.2 Å². The van der Waals surface area contributed by atoms with Gasteiger partial charge in [-0.2, -0.15) is 13.2 Å². The molecule has 1 aromatic rings. The third kappa shape index (κ3) is 3.53. The van der Waals surface area contributed by atoms with E-state index in [9.17, 15) is 23.1 Å². The summed E-state index contributed by atoms with van der Waals surface area (Å²) in [6, 6.07) is 3.22. The van der Waals surface area contributed by atoms with Crippen LogP contribution >= 0.6 is 11.8 Å². The van der Waals surface area contributed by atoms with Crippen molar-refractivity contribution in [1.82, 2.24) is 4.98 Å². The van der Waals surface area contributed by atoms with E-state index in [0.717, 1.165) is 12.1 Å². The number of carbonyl (C=O) groups excluding carboxylic acids is 1. The van der Waals surface area contributed by atoms with E-state index >= 15 is 0 Å². The van der Waals surface area contributed by atoms with Gasteiger partial charge in [-0.15, -0.1) is 11.8 Å². The molecule has 2 N–H and O–H groups in total. The molecule has 114 valence electrons. The number of halogens is 3. The van der Waals surface area contributed by atoms with Crippen LogP contribution in [0.25, 0.3) is 0 Å². The molecule has 0 saturated heterocycles. The number of aliphatic imine (C=N–C) groups is 1. The molecule has 2 unspecified atom stereocenters. The van der Waals surface area contributed by atoms with E-state index in [1.807, 2.05) is 0 Å². The number of thioether (sulfide) groups is 1. The minimum absolute atomic E-state index is 0.101. The first-order valence-electron chi connectivity index (χ1n) is 5.94. The highest BCUT2D eigenvalue weighted by Gasteiger charge is 2.36. The average Bonchev–Trinajstić information content (AvgIpc) is 2.79. The topological polar surface area (TPSA) is 74.6 Å². The minimum Gasteiger partial charge on any atom is -0.390 e. The van der Waals surface area contributed by atoms with Gasteiger partial charge in [0.1, 0.15) is 17.4 Å². The Morgan fingerprint density at radius 1 is 1.48 bits per heavy atom. The molecule has 0 bridgehead atoms. The number of amides is 1. The quantitative estimate of drug-likeness (QED) is 0.871. The molecular formula is C12H12F3N3O2S. The first-order valence-corrected chi connectivity index (χ1v) is 7.17. The van der Waals surface area contributed by atoms with Gasteiger partial charge in [0.15, 0.2) is 0 Å². The molecule has 5 nitrogen and oxygen atoms in total. The number of pyridine rings is 1. The van der Waals surface area contributed by atoms with Crippen molar-refractivity contribution in [2.24, 2.45) is 10.9 Å². The van der Waals surface area contributed by atoms with Gasteiger partial charge in [-0.3, -0.25) is 9.79 Å². The van der Waals surface area contributed by atoms with Crippen molar-refractivity contribution in [1.29, 1.82) is 0 Å². The highest BCUT2D eigenvalue weighted by molar-refractivity contribution is 8.13. The Hall–Kier alpha value is -1.61. The summed E-state index contributed by atoms with van der Waals surface area (Å²) in [5.74, 6) is -1.72. The lowest BCUT2D eigenvalue weighted by molar-refractivity contribution is -0.141. The molecule has 0 radical (unpaired) electrons. The van der Waals surface area contributed by atoms with Crippen molar-refractivity contribution in [3.05, 3.63) is 23.9 Å². The predicted molar refractivity (Wildman–Crippen MR) is 73.2 cm³/mol. The summed E-state index contributed by atoms with van der Waals surface area (Å²) >= 11 is 1.22. The number of hydrogen-bond acceptors (Lipinski definition) is 5. The second-order valence-electron chi connectivity index (χ2n) is 4.32. The van der Waals surface area contributed by atoms with Crippen LogP contribution in [0.4, 0.5) is 19.0 Å². The van der Waals surface area contributed by atoms with Crippen LogP contribution in [0.3, 0.4) is 0 Å². The normalized spacial score (nSPS) is 22.0. The van der Waals surface area contributed by atoms with E-state index in [1.165, 1.54) is 17.8 Å². The highest BCUT2D eigenvalue weighted by atomic mass is 32.2. The number of nitrogens with zero attached hydrogens (tertiary/aromatic N) is 2. The van der Waals surface area contributed by atoms with E-state index in [0.29, 0.717) is 5.04 Å². The molecule has 0 aromatic carbocycles. The Morgan fingerprint density at radius 2 is 2.19 bits per heavy atom. The number of aromatic nitrogens is 1. The van der Waals surface area contributed by atoms with E-state index in [4.69, 9.17) is 0 Å². The molecule has 2 atom stereocenters. The maximum absolute atomic E-state index is 12.5. The Balaban J connectivity index is 2.15. The van der Waals surface area contributed by atoms with Crippen LogP contribution in [0, 0.1) is 5.92 Å². The SMILES string of the molecule is CSC1=NCC(O)C1C(=O)Nc1cccc(C(F)(F)F)n1. The molecular weight excluding hydrogens is 307 g/mol. The number of alkyl halides is 3. The number of anilines is 1. The smallest absolute Gasteiger partial charge is 0.390 e. The molecule has 0 spiro atoms. The summed E-state index contributed by atoms with van der Waals surface area (Å²) in [4.78, 5) is 19.4. The van der Waals surface area contributed by atoms with Crippen LogP contribution in [-0.2, 0) is 11.0 Å². The Morgan fingerprint density at radius 3 is 2.81 bits per heavy atom. The molecule has 21 heavy (non-hydrogen) atoms. The number of rotatable bonds is 2. The van der Waals surface area contributed by atoms with Crippen LogP contribution in [0.5, 0.6) is 0 Å². The largest absolute Gasteiger partial charge is 0.433 e. The van der Waals surface area contributed by atoms with Crippen molar-refractivity contribution in [2.75, 3.05) is 18.1 Å². The highest BCUT2D eigenvalue weighted by Crippen LogP contribution is 2.28. The Bertz CT molecular complexity index is 577. The molecule has 1 aromatic heterocycles. The number of aliphatic hydroxyl groups is 1. The van der Waals surface area contributed by atoms with Crippen molar-refractivity contribution in [2.45, 2.75) is 12.3 Å². The van der Waals surface area contributed by atoms with Crippen LogP contribution in [-0.4, -0.2) is 39.9 Å². The minimum atomic E-state index is -4.58. The average molecular weight is 319 g/mol. The van der Waals surface area contributed by atoms with Crippen LogP contribution in [0.1, 0.15) is 5.69 Å². The van der Waals surface area contributed by atoms with Gasteiger partial charge < -0.3 is 10.4 Å². The standard InChI is InChI=1S/C12H12F3N3O2S/c1-21-11-9(6(19)5-16-11)10(20)18-8-4-2-3-7(17-8)12(13,14)15/h2-4,6,9,19H,5H2,1H3,(H,17,18,20). The molecule has 2 heterocycles. The Labute approximate surface area is 122 Å². The zero-order valence-electron chi connectivity index (χ0n) is 10.9. The number of hydrogen-bond donors (Lipinski definition) is 2. The molecule has 0 saturated carbocycles. The number of carbonyl (C=O) groups is 1. The molecule has 1 amide bonds. The van der Waals surface area contributed by atoms with E-state index in [1.54, 1.807) is 6.26 Å². The van der Waals surface area contributed by atoms with Gasteiger partial charge in [0.25, 0.3) is 0 Å².